The van der Waals surface area contributed by atoms with Gasteiger partial charge in [0, 0.05) is 5.56 Å². The Morgan fingerprint density at radius 1 is 1.35 bits per heavy atom. The van der Waals surface area contributed by atoms with E-state index in [-0.39, 0.29) is 5.56 Å². The first-order chi connectivity index (χ1) is 7.80. The minimum atomic E-state index is -2.50. The van der Waals surface area contributed by atoms with Crippen molar-refractivity contribution < 1.29 is 13.3 Å². The second kappa shape index (κ2) is 5.60. The molecule has 0 spiro atoms. The standard InChI is InChI=1S/C12H15F2NOS/c1-12(2,3)17(16)15-8-9-5-4-6-10(7-9)11(13)14/h4-8,11H,1-3H3. The zero-order chi connectivity index (χ0) is 13.1. The van der Waals surface area contributed by atoms with Crippen LogP contribution in [0.5, 0.6) is 0 Å². The van der Waals surface area contributed by atoms with Crippen LogP contribution in [0.3, 0.4) is 0 Å². The van der Waals surface area contributed by atoms with Crippen molar-refractivity contribution in [2.45, 2.75) is 31.9 Å². The Morgan fingerprint density at radius 3 is 2.53 bits per heavy atom. The van der Waals surface area contributed by atoms with Crippen LogP contribution >= 0.6 is 0 Å². The van der Waals surface area contributed by atoms with Crippen LogP contribution in [0.4, 0.5) is 8.78 Å². The Hall–Kier alpha value is -0.940. The lowest BCUT2D eigenvalue weighted by molar-refractivity contribution is 0.151. The molecule has 1 unspecified atom stereocenters. The molecule has 1 aromatic rings. The summed E-state index contributed by atoms with van der Waals surface area (Å²) in [4.78, 5) is 0. The third-order valence-electron chi connectivity index (χ3n) is 1.98. The number of hydrogen-bond donors (Lipinski definition) is 0. The molecule has 0 amide bonds. The molecule has 0 aliphatic rings. The summed E-state index contributed by atoms with van der Waals surface area (Å²) in [5.74, 6) is 0. The molecule has 1 rings (SSSR count). The van der Waals surface area contributed by atoms with Gasteiger partial charge >= 0.3 is 0 Å². The molecule has 0 bridgehead atoms. The molecule has 0 fully saturated rings. The lowest BCUT2D eigenvalue weighted by atomic mass is 10.1. The van der Waals surface area contributed by atoms with Gasteiger partial charge in [-0.15, -0.1) is 0 Å². The quantitative estimate of drug-likeness (QED) is 0.604. The molecule has 0 aliphatic heterocycles. The Kier molecular flexibility index (Phi) is 4.65. The van der Waals surface area contributed by atoms with Crippen LogP contribution in [-0.2, 0) is 11.4 Å². The van der Waals surface area contributed by atoms with Gasteiger partial charge in [-0.25, -0.2) is 8.78 Å². The minimum Gasteiger partial charge on any atom is -0.591 e. The zero-order valence-corrected chi connectivity index (χ0v) is 10.8. The number of rotatable bonds is 3. The van der Waals surface area contributed by atoms with Gasteiger partial charge in [0.2, 0.25) is 0 Å². The van der Waals surface area contributed by atoms with Crippen LogP contribution < -0.4 is 0 Å². The number of alkyl halides is 2. The lowest BCUT2D eigenvalue weighted by Gasteiger charge is -2.17. The van der Waals surface area contributed by atoms with Crippen LogP contribution in [0.2, 0.25) is 0 Å². The molecule has 0 N–H and O–H groups in total. The van der Waals surface area contributed by atoms with Crippen LogP contribution in [0, 0.1) is 0 Å². The fraction of sp³-hybridized carbons (Fsp3) is 0.417. The highest BCUT2D eigenvalue weighted by atomic mass is 32.2. The fourth-order valence-electron chi connectivity index (χ4n) is 1.04. The van der Waals surface area contributed by atoms with Crippen LogP contribution in [-0.4, -0.2) is 15.5 Å². The van der Waals surface area contributed by atoms with E-state index in [0.29, 0.717) is 5.56 Å². The third-order valence-corrected chi connectivity index (χ3v) is 3.33. The molecule has 17 heavy (non-hydrogen) atoms. The van der Waals surface area contributed by atoms with Crippen LogP contribution in [0.15, 0.2) is 28.7 Å². The highest BCUT2D eigenvalue weighted by molar-refractivity contribution is 7.91. The molecule has 0 radical (unpaired) electrons. The third kappa shape index (κ3) is 4.44. The maximum atomic E-state index is 12.4. The maximum absolute atomic E-state index is 12.4. The van der Waals surface area contributed by atoms with Crippen LogP contribution in [0.1, 0.15) is 38.3 Å². The fourth-order valence-corrected chi connectivity index (χ4v) is 1.58. The lowest BCUT2D eigenvalue weighted by Crippen LogP contribution is -2.25. The van der Waals surface area contributed by atoms with Crippen molar-refractivity contribution in [3.8, 4) is 0 Å². The molecule has 1 atom stereocenters. The van der Waals surface area contributed by atoms with E-state index < -0.39 is 22.5 Å². The SMILES string of the molecule is CC(C)(C)[S+]([O-])N=Cc1cccc(C(F)F)c1. The molecular formula is C12H15F2NOS. The van der Waals surface area contributed by atoms with Gasteiger partial charge in [0.25, 0.3) is 6.43 Å². The van der Waals surface area contributed by atoms with E-state index in [4.69, 9.17) is 0 Å². The van der Waals surface area contributed by atoms with Crippen molar-refractivity contribution in [1.29, 1.82) is 0 Å². The van der Waals surface area contributed by atoms with Gasteiger partial charge in [0.05, 0.1) is 6.21 Å². The summed E-state index contributed by atoms with van der Waals surface area (Å²) in [5, 5.41) is 0. The minimum absolute atomic E-state index is 0.0597. The Labute approximate surface area is 103 Å². The van der Waals surface area contributed by atoms with Crippen molar-refractivity contribution in [2.24, 2.45) is 4.40 Å². The predicted octanol–water partition coefficient (Wildman–Crippen LogP) is 3.51. The first-order valence-corrected chi connectivity index (χ1v) is 6.25. The van der Waals surface area contributed by atoms with Crippen LogP contribution in [0.25, 0.3) is 0 Å². The number of benzene rings is 1. The van der Waals surface area contributed by atoms with Crippen molar-refractivity contribution in [3.05, 3.63) is 35.4 Å². The number of halogens is 2. The normalized spacial score (nSPS) is 14.5. The summed E-state index contributed by atoms with van der Waals surface area (Å²) in [6.45, 7) is 5.40. The molecule has 5 heteroatoms. The molecule has 0 aromatic heterocycles. The summed E-state index contributed by atoms with van der Waals surface area (Å²) in [6.07, 6.45) is -1.13. The molecular weight excluding hydrogens is 244 g/mol. The highest BCUT2D eigenvalue weighted by Crippen LogP contribution is 2.20. The molecule has 0 heterocycles. The smallest absolute Gasteiger partial charge is 0.263 e. The van der Waals surface area contributed by atoms with Gasteiger partial charge in [0.1, 0.15) is 16.1 Å². The van der Waals surface area contributed by atoms with Gasteiger partial charge < -0.3 is 4.55 Å². The average molecular weight is 259 g/mol. The molecule has 2 nitrogen and oxygen atoms in total. The van der Waals surface area contributed by atoms with E-state index in [1.807, 2.05) is 0 Å². The number of nitrogens with zero attached hydrogens (tertiary/aromatic N) is 1. The van der Waals surface area contributed by atoms with Gasteiger partial charge in [0.15, 0.2) is 0 Å². The largest absolute Gasteiger partial charge is 0.591 e. The van der Waals surface area contributed by atoms with Gasteiger partial charge in [-0.3, -0.25) is 0 Å². The molecule has 94 valence electrons. The van der Waals surface area contributed by atoms with Gasteiger partial charge in [-0.2, -0.15) is 0 Å². The highest BCUT2D eigenvalue weighted by Gasteiger charge is 2.25. The summed E-state index contributed by atoms with van der Waals surface area (Å²) < 4.78 is 39.9. The summed E-state index contributed by atoms with van der Waals surface area (Å²) in [7, 11) is 0. The van der Waals surface area contributed by atoms with Crippen molar-refractivity contribution in [1.82, 2.24) is 0 Å². The average Bonchev–Trinajstić information content (AvgIpc) is 2.25. The molecule has 0 saturated heterocycles. The van der Waals surface area contributed by atoms with Gasteiger partial charge in [-0.1, -0.05) is 22.6 Å². The van der Waals surface area contributed by atoms with E-state index >= 15 is 0 Å². The molecule has 0 saturated carbocycles. The topological polar surface area (TPSA) is 35.4 Å². The first kappa shape index (κ1) is 14.1. The maximum Gasteiger partial charge on any atom is 0.263 e. The summed E-state index contributed by atoms with van der Waals surface area (Å²) in [6, 6.07) is 5.87. The summed E-state index contributed by atoms with van der Waals surface area (Å²) >= 11 is -1.37. The Balaban J connectivity index is 2.82. The van der Waals surface area contributed by atoms with E-state index in [2.05, 4.69) is 4.40 Å². The molecule has 0 aliphatic carbocycles. The van der Waals surface area contributed by atoms with Crippen molar-refractivity contribution >= 4 is 17.6 Å². The predicted molar refractivity (Wildman–Crippen MR) is 66.9 cm³/mol. The second-order valence-electron chi connectivity index (χ2n) is 4.57. The molecule has 1 aromatic carbocycles. The van der Waals surface area contributed by atoms with Gasteiger partial charge in [-0.05, 0) is 32.4 Å². The van der Waals surface area contributed by atoms with Crippen molar-refractivity contribution in [2.75, 3.05) is 0 Å². The van der Waals surface area contributed by atoms with E-state index in [0.717, 1.165) is 0 Å². The van der Waals surface area contributed by atoms with E-state index in [9.17, 15) is 13.3 Å². The number of hydrogen-bond acceptors (Lipinski definition) is 2. The zero-order valence-electron chi connectivity index (χ0n) is 9.98. The summed E-state index contributed by atoms with van der Waals surface area (Å²) in [5.41, 5.74) is 0.468. The Morgan fingerprint density at radius 2 is 2.00 bits per heavy atom. The van der Waals surface area contributed by atoms with Crippen molar-refractivity contribution in [3.63, 3.8) is 0 Å². The second-order valence-corrected chi connectivity index (χ2v) is 6.50. The Bertz CT molecular complexity index is 402. The monoisotopic (exact) mass is 259 g/mol. The van der Waals surface area contributed by atoms with E-state index in [1.54, 1.807) is 26.8 Å². The first-order valence-electron chi connectivity index (χ1n) is 5.15. The van der Waals surface area contributed by atoms with E-state index in [1.165, 1.54) is 24.4 Å².